The Balaban J connectivity index is 1.98. The van der Waals surface area contributed by atoms with Crippen molar-refractivity contribution in [2.45, 2.75) is 18.8 Å². The number of allylic oxidation sites excluding steroid dienone is 1. The molecule has 0 heterocycles. The van der Waals surface area contributed by atoms with Gasteiger partial charge in [0.25, 0.3) is 5.69 Å². The Morgan fingerprint density at radius 2 is 1.63 bits per heavy atom. The van der Waals surface area contributed by atoms with Crippen molar-refractivity contribution in [1.29, 1.82) is 0 Å². The summed E-state index contributed by atoms with van der Waals surface area (Å²) in [4.78, 5) is 32.0. The summed E-state index contributed by atoms with van der Waals surface area (Å²) in [7, 11) is 0. The molecule has 0 amide bonds. The first-order chi connectivity index (χ1) is 16.8. The van der Waals surface area contributed by atoms with E-state index in [-0.39, 0.29) is 11.6 Å². The largest absolute Gasteiger partial charge is 0.478 e. The van der Waals surface area contributed by atoms with Crippen molar-refractivity contribution < 1.29 is 19.7 Å². The van der Waals surface area contributed by atoms with Crippen molar-refractivity contribution in [2.24, 2.45) is 5.10 Å². The zero-order chi connectivity index (χ0) is 25.2. The molecule has 178 valence electrons. The highest BCUT2D eigenvalue weighted by Crippen LogP contribution is 2.30. The van der Waals surface area contributed by atoms with Crippen LogP contribution in [0.5, 0.6) is 0 Å². The van der Waals surface area contributed by atoms with Crippen molar-refractivity contribution in [1.82, 2.24) is 0 Å². The second-order valence-electron chi connectivity index (χ2n) is 7.54. The molecule has 0 aliphatic carbocycles. The van der Waals surface area contributed by atoms with Crippen LogP contribution in [0.4, 0.5) is 17.1 Å². The lowest BCUT2D eigenvalue weighted by molar-refractivity contribution is -0.393. The number of hydrogen-bond acceptors (Lipinski definition) is 7. The highest BCUT2D eigenvalue weighted by atomic mass is 16.6. The van der Waals surface area contributed by atoms with Crippen LogP contribution >= 0.6 is 0 Å². The third-order valence-electron chi connectivity index (χ3n) is 5.20. The molecule has 10 nitrogen and oxygen atoms in total. The minimum absolute atomic E-state index is 0.0102. The second-order valence-corrected chi connectivity index (χ2v) is 7.54. The molecule has 0 bridgehead atoms. The first-order valence-electron chi connectivity index (χ1n) is 10.6. The number of nitrogens with zero attached hydrogens (tertiary/aromatic N) is 3. The molecule has 0 radical (unpaired) electrons. The van der Waals surface area contributed by atoms with Crippen molar-refractivity contribution in [3.05, 3.63) is 122 Å². The Kier molecular flexibility index (Phi) is 8.38. The standard InChI is InChI=1S/C25H22N4O6/c30-25(31)13-7-12-20(18-8-3-1-4-9-18)16-23(19-10-5-2-6-11-19)27-26-22-15-14-21(28(32)33)17-24(22)29(34)35/h1-11,13-15,17,20,26H,12,16H2,(H,30,31). The molecule has 0 aliphatic rings. The topological polar surface area (TPSA) is 148 Å². The summed E-state index contributed by atoms with van der Waals surface area (Å²) in [6, 6.07) is 22.0. The smallest absolute Gasteiger partial charge is 0.327 e. The summed E-state index contributed by atoms with van der Waals surface area (Å²) in [6.45, 7) is 0. The first-order valence-corrected chi connectivity index (χ1v) is 10.6. The normalized spacial score (nSPS) is 12.3. The third kappa shape index (κ3) is 7.06. The van der Waals surface area contributed by atoms with E-state index in [2.05, 4.69) is 10.5 Å². The molecule has 0 saturated carbocycles. The first kappa shape index (κ1) is 24.8. The van der Waals surface area contributed by atoms with Gasteiger partial charge in [0, 0.05) is 12.1 Å². The minimum atomic E-state index is -1.04. The third-order valence-corrected chi connectivity index (χ3v) is 5.20. The molecule has 0 aliphatic heterocycles. The molecule has 3 aromatic carbocycles. The van der Waals surface area contributed by atoms with Crippen LogP contribution in [-0.2, 0) is 4.79 Å². The highest BCUT2D eigenvalue weighted by molar-refractivity contribution is 6.01. The molecule has 10 heteroatoms. The molecule has 3 aromatic rings. The van der Waals surface area contributed by atoms with Crippen LogP contribution < -0.4 is 5.43 Å². The molecule has 0 saturated heterocycles. The number of nitro groups is 2. The Bertz CT molecular complexity index is 1260. The van der Waals surface area contributed by atoms with Crippen molar-refractivity contribution >= 4 is 28.7 Å². The van der Waals surface area contributed by atoms with E-state index in [9.17, 15) is 25.0 Å². The number of rotatable bonds is 11. The summed E-state index contributed by atoms with van der Waals surface area (Å²) in [6.07, 6.45) is 3.50. The number of non-ortho nitro benzene ring substituents is 1. The van der Waals surface area contributed by atoms with Crippen LogP contribution in [0.3, 0.4) is 0 Å². The van der Waals surface area contributed by atoms with Gasteiger partial charge in [-0.2, -0.15) is 5.10 Å². The molecule has 0 aromatic heterocycles. The molecule has 0 fully saturated rings. The lowest BCUT2D eigenvalue weighted by atomic mass is 9.88. The zero-order valence-corrected chi connectivity index (χ0v) is 18.5. The van der Waals surface area contributed by atoms with Crippen LogP contribution in [0.15, 0.2) is 96.1 Å². The average Bonchev–Trinajstić information content (AvgIpc) is 2.86. The summed E-state index contributed by atoms with van der Waals surface area (Å²) < 4.78 is 0. The van der Waals surface area contributed by atoms with E-state index in [1.165, 1.54) is 6.07 Å². The number of nitro benzene ring substituents is 2. The van der Waals surface area contributed by atoms with E-state index in [1.807, 2.05) is 60.7 Å². The molecule has 1 unspecified atom stereocenters. The molecule has 2 N–H and O–H groups in total. The fraction of sp³-hybridized carbons (Fsp3) is 0.120. The van der Waals surface area contributed by atoms with Gasteiger partial charge in [-0.1, -0.05) is 66.7 Å². The van der Waals surface area contributed by atoms with Crippen LogP contribution in [-0.4, -0.2) is 26.6 Å². The van der Waals surface area contributed by atoms with Gasteiger partial charge in [0.15, 0.2) is 0 Å². The SMILES string of the molecule is O=C(O)C=CCC(CC(=NNc1ccc([N+](=O)[O-])cc1[N+](=O)[O-])c1ccccc1)c1ccccc1. The van der Waals surface area contributed by atoms with E-state index in [0.717, 1.165) is 29.3 Å². The maximum absolute atomic E-state index is 11.5. The Labute approximate surface area is 200 Å². The highest BCUT2D eigenvalue weighted by Gasteiger charge is 2.20. The van der Waals surface area contributed by atoms with Gasteiger partial charge in [-0.15, -0.1) is 0 Å². The van der Waals surface area contributed by atoms with Crippen molar-refractivity contribution in [3.63, 3.8) is 0 Å². The number of aliphatic carboxylic acids is 1. The van der Waals surface area contributed by atoms with Gasteiger partial charge in [-0.25, -0.2) is 4.79 Å². The maximum Gasteiger partial charge on any atom is 0.327 e. The number of hydrogen-bond donors (Lipinski definition) is 2. The summed E-state index contributed by atoms with van der Waals surface area (Å²) in [5, 5.41) is 35.9. The lowest BCUT2D eigenvalue weighted by Gasteiger charge is -2.18. The molecule has 1 atom stereocenters. The van der Waals surface area contributed by atoms with Gasteiger partial charge in [-0.3, -0.25) is 25.7 Å². The van der Waals surface area contributed by atoms with E-state index in [1.54, 1.807) is 6.08 Å². The van der Waals surface area contributed by atoms with E-state index in [4.69, 9.17) is 5.11 Å². The van der Waals surface area contributed by atoms with E-state index >= 15 is 0 Å². The Morgan fingerprint density at radius 3 is 2.23 bits per heavy atom. The lowest BCUT2D eigenvalue weighted by Crippen LogP contribution is -2.11. The van der Waals surface area contributed by atoms with Crippen molar-refractivity contribution in [3.8, 4) is 0 Å². The monoisotopic (exact) mass is 474 g/mol. The van der Waals surface area contributed by atoms with Crippen molar-refractivity contribution in [2.75, 3.05) is 5.43 Å². The minimum Gasteiger partial charge on any atom is -0.478 e. The van der Waals surface area contributed by atoms with Gasteiger partial charge in [-0.05, 0) is 36.0 Å². The predicted octanol–water partition coefficient (Wildman–Crippen LogP) is 5.52. The Morgan fingerprint density at radius 1 is 0.971 bits per heavy atom. The van der Waals surface area contributed by atoms with Gasteiger partial charge in [0.1, 0.15) is 5.69 Å². The molecule has 0 spiro atoms. The number of carbonyl (C=O) groups is 1. The molecular formula is C25H22N4O6. The number of hydrazone groups is 1. The second kappa shape index (κ2) is 11.8. The molecular weight excluding hydrogens is 452 g/mol. The zero-order valence-electron chi connectivity index (χ0n) is 18.5. The number of benzene rings is 3. The van der Waals surface area contributed by atoms with Crippen LogP contribution in [0.2, 0.25) is 0 Å². The summed E-state index contributed by atoms with van der Waals surface area (Å²) in [5.41, 5.74) is 4.17. The van der Waals surface area contributed by atoms with Gasteiger partial charge in [0.05, 0.1) is 21.6 Å². The van der Waals surface area contributed by atoms with E-state index < -0.39 is 27.2 Å². The van der Waals surface area contributed by atoms with Crippen LogP contribution in [0, 0.1) is 20.2 Å². The van der Waals surface area contributed by atoms with Crippen LogP contribution in [0.1, 0.15) is 29.9 Å². The fourth-order valence-corrected chi connectivity index (χ4v) is 3.49. The number of carboxylic acid groups (broad SMARTS) is 1. The van der Waals surface area contributed by atoms with Gasteiger partial charge >= 0.3 is 11.7 Å². The Hall–Kier alpha value is -4.86. The number of nitrogens with one attached hydrogen (secondary N) is 1. The summed E-state index contributed by atoms with van der Waals surface area (Å²) >= 11 is 0. The quantitative estimate of drug-likeness (QED) is 0.161. The van der Waals surface area contributed by atoms with Crippen LogP contribution in [0.25, 0.3) is 0 Å². The average molecular weight is 474 g/mol. The predicted molar refractivity (Wildman–Crippen MR) is 132 cm³/mol. The van der Waals surface area contributed by atoms with Gasteiger partial charge < -0.3 is 5.11 Å². The summed E-state index contributed by atoms with van der Waals surface area (Å²) in [5.74, 6) is -1.17. The number of anilines is 1. The molecule has 35 heavy (non-hydrogen) atoms. The van der Waals surface area contributed by atoms with Gasteiger partial charge in [0.2, 0.25) is 0 Å². The maximum atomic E-state index is 11.5. The van der Waals surface area contributed by atoms with E-state index in [0.29, 0.717) is 18.6 Å². The number of carboxylic acids is 1. The fourth-order valence-electron chi connectivity index (χ4n) is 3.49. The molecule has 3 rings (SSSR count).